The fraction of sp³-hybridized carbons (Fsp3) is 0.300. The first-order valence-corrected chi connectivity index (χ1v) is 10.2. The second-order valence-corrected chi connectivity index (χ2v) is 9.13. The average Bonchev–Trinajstić information content (AvgIpc) is 2.50. The van der Waals surface area contributed by atoms with E-state index in [4.69, 9.17) is 4.99 Å². The summed E-state index contributed by atoms with van der Waals surface area (Å²) in [6.07, 6.45) is 0.571. The first-order chi connectivity index (χ1) is 11.0. The number of aliphatic imine (C=N–C) groups is 1. The number of Topliss-reactive ketones (excluding diaryl/α,β-unsaturated/α-hetero) is 1. The third-order valence-electron chi connectivity index (χ3n) is 3.44. The number of ketones is 1. The Labute approximate surface area is 149 Å². The third-order valence-corrected chi connectivity index (χ3v) is 6.35. The van der Waals surface area contributed by atoms with Crippen LogP contribution in [-0.4, -0.2) is 30.5 Å². The maximum absolute atomic E-state index is 12.7. The molecule has 2 aromatic rings. The Balaban J connectivity index is 2.40. The SMILES string of the molecule is Cc1cccc(C)c1N=C([Te]c1ccccc1)C(=O)CC(C)C. The van der Waals surface area contributed by atoms with Crippen molar-refractivity contribution in [1.82, 2.24) is 0 Å². The minimum absolute atomic E-state index is 0.203. The monoisotopic (exact) mass is 423 g/mol. The summed E-state index contributed by atoms with van der Waals surface area (Å²) in [5.74, 6) is 0.558. The molecule has 0 aliphatic carbocycles. The van der Waals surface area contributed by atoms with Gasteiger partial charge in [0.05, 0.1) is 0 Å². The van der Waals surface area contributed by atoms with Gasteiger partial charge in [0, 0.05) is 0 Å². The second kappa shape index (κ2) is 8.43. The van der Waals surface area contributed by atoms with E-state index >= 15 is 0 Å². The molecule has 0 radical (unpaired) electrons. The fourth-order valence-electron chi connectivity index (χ4n) is 2.28. The summed E-state index contributed by atoms with van der Waals surface area (Å²) in [6, 6.07) is 16.4. The van der Waals surface area contributed by atoms with Crippen molar-refractivity contribution in [1.29, 1.82) is 0 Å². The number of benzene rings is 2. The van der Waals surface area contributed by atoms with Gasteiger partial charge in [-0.3, -0.25) is 0 Å². The molecule has 2 rings (SSSR count). The van der Waals surface area contributed by atoms with E-state index in [-0.39, 0.29) is 5.78 Å². The predicted molar refractivity (Wildman–Crippen MR) is 99.3 cm³/mol. The number of para-hydroxylation sites is 1. The van der Waals surface area contributed by atoms with E-state index in [9.17, 15) is 4.79 Å². The number of hydrogen-bond donors (Lipinski definition) is 0. The van der Waals surface area contributed by atoms with Crippen molar-refractivity contribution in [3.8, 4) is 0 Å². The third kappa shape index (κ3) is 5.30. The molecule has 0 saturated carbocycles. The van der Waals surface area contributed by atoms with Crippen LogP contribution < -0.4 is 3.61 Å². The maximum atomic E-state index is 12.7. The van der Waals surface area contributed by atoms with Crippen LogP contribution in [0.2, 0.25) is 0 Å². The van der Waals surface area contributed by atoms with Crippen molar-refractivity contribution < 1.29 is 4.79 Å². The molecule has 0 fully saturated rings. The standard InChI is InChI=1S/C20H23NOTe/c1-14(2)13-18(22)20(23-17-11-6-5-7-12-17)21-19-15(3)9-8-10-16(19)4/h5-12,14H,13H2,1-4H3. The molecule has 2 aromatic carbocycles. The van der Waals surface area contributed by atoms with E-state index in [1.807, 2.05) is 24.3 Å². The predicted octanol–water partition coefficient (Wildman–Crippen LogP) is 3.98. The van der Waals surface area contributed by atoms with Gasteiger partial charge in [-0.15, -0.1) is 0 Å². The van der Waals surface area contributed by atoms with Gasteiger partial charge in [-0.1, -0.05) is 0 Å². The Bertz CT molecular complexity index is 685. The van der Waals surface area contributed by atoms with Crippen molar-refractivity contribution in [2.75, 3.05) is 0 Å². The normalized spacial score (nSPS) is 11.8. The van der Waals surface area contributed by atoms with Crippen LogP contribution in [0.5, 0.6) is 0 Å². The van der Waals surface area contributed by atoms with E-state index < -0.39 is 20.9 Å². The number of carbonyl (C=O) groups is 1. The number of aryl methyl sites for hydroxylation is 2. The van der Waals surface area contributed by atoms with Crippen molar-refractivity contribution in [2.45, 2.75) is 34.1 Å². The topological polar surface area (TPSA) is 29.4 Å². The zero-order valence-electron chi connectivity index (χ0n) is 14.2. The molecule has 0 spiro atoms. The number of carbonyl (C=O) groups excluding carboxylic acids is 1. The van der Waals surface area contributed by atoms with Crippen LogP contribution in [-0.2, 0) is 4.79 Å². The molecule has 0 saturated heterocycles. The van der Waals surface area contributed by atoms with Gasteiger partial charge in [-0.25, -0.2) is 0 Å². The van der Waals surface area contributed by atoms with Crippen LogP contribution in [0.3, 0.4) is 0 Å². The first-order valence-electron chi connectivity index (χ1n) is 7.88. The molecule has 0 aliphatic rings. The van der Waals surface area contributed by atoms with E-state index in [1.54, 1.807) is 0 Å². The molecular formula is C20H23NOTe. The van der Waals surface area contributed by atoms with Crippen LogP contribution in [0.1, 0.15) is 31.4 Å². The summed E-state index contributed by atoms with van der Waals surface area (Å²) >= 11 is -0.771. The fourth-order valence-corrected chi connectivity index (χ4v) is 4.71. The molecule has 0 amide bonds. The van der Waals surface area contributed by atoms with Crippen LogP contribution in [0.4, 0.5) is 5.69 Å². The van der Waals surface area contributed by atoms with Gasteiger partial charge in [-0.2, -0.15) is 0 Å². The van der Waals surface area contributed by atoms with Gasteiger partial charge in [0.2, 0.25) is 0 Å². The van der Waals surface area contributed by atoms with Crippen molar-refractivity contribution in [2.24, 2.45) is 10.9 Å². The van der Waals surface area contributed by atoms with Crippen molar-refractivity contribution in [3.05, 3.63) is 59.7 Å². The minimum atomic E-state index is -0.771. The summed E-state index contributed by atoms with van der Waals surface area (Å²) in [6.45, 7) is 8.27. The molecule has 0 N–H and O–H groups in total. The molecule has 120 valence electrons. The van der Waals surface area contributed by atoms with Gasteiger partial charge >= 0.3 is 149 Å². The Hall–Kier alpha value is -1.43. The van der Waals surface area contributed by atoms with Gasteiger partial charge in [0.25, 0.3) is 0 Å². The molecule has 0 aliphatic heterocycles. The molecule has 0 aromatic heterocycles. The van der Waals surface area contributed by atoms with Crippen LogP contribution in [0.25, 0.3) is 0 Å². The summed E-state index contributed by atoms with van der Waals surface area (Å²) < 4.78 is 2.03. The zero-order chi connectivity index (χ0) is 16.8. The van der Waals surface area contributed by atoms with Crippen molar-refractivity contribution in [3.63, 3.8) is 0 Å². The summed E-state index contributed by atoms with van der Waals surface area (Å²) in [7, 11) is 0. The molecule has 0 bridgehead atoms. The quantitative estimate of drug-likeness (QED) is 0.513. The van der Waals surface area contributed by atoms with Crippen LogP contribution in [0, 0.1) is 19.8 Å². The molecule has 23 heavy (non-hydrogen) atoms. The van der Waals surface area contributed by atoms with Crippen LogP contribution in [0.15, 0.2) is 53.5 Å². The summed E-state index contributed by atoms with van der Waals surface area (Å²) in [5, 5.41) is 0. The Morgan fingerprint density at radius 3 is 2.17 bits per heavy atom. The molecule has 2 nitrogen and oxygen atoms in total. The van der Waals surface area contributed by atoms with Crippen molar-refractivity contribution >= 4 is 39.8 Å². The van der Waals surface area contributed by atoms with E-state index in [2.05, 4.69) is 52.0 Å². The number of nitrogens with zero attached hydrogens (tertiary/aromatic N) is 1. The Morgan fingerprint density at radius 2 is 1.61 bits per heavy atom. The molecule has 0 unspecified atom stereocenters. The van der Waals surface area contributed by atoms with Gasteiger partial charge in [-0.05, 0) is 0 Å². The Morgan fingerprint density at radius 1 is 1.00 bits per heavy atom. The van der Waals surface area contributed by atoms with Crippen LogP contribution >= 0.6 is 0 Å². The summed E-state index contributed by atoms with van der Waals surface area (Å²) in [4.78, 5) is 17.5. The zero-order valence-corrected chi connectivity index (χ0v) is 16.5. The molecule has 0 heterocycles. The number of hydrogen-bond acceptors (Lipinski definition) is 2. The van der Waals surface area contributed by atoms with E-state index in [0.717, 1.165) is 20.6 Å². The summed E-state index contributed by atoms with van der Waals surface area (Å²) in [5.41, 5.74) is 3.21. The molecule has 0 atom stereocenters. The molecule has 3 heteroatoms. The van der Waals surface area contributed by atoms with Gasteiger partial charge in [0.1, 0.15) is 0 Å². The molecular weight excluding hydrogens is 398 g/mol. The average molecular weight is 421 g/mol. The van der Waals surface area contributed by atoms with E-state index in [0.29, 0.717) is 12.3 Å². The first kappa shape index (κ1) is 17.9. The van der Waals surface area contributed by atoms with E-state index in [1.165, 1.54) is 3.61 Å². The van der Waals surface area contributed by atoms with Gasteiger partial charge in [0.15, 0.2) is 0 Å². The second-order valence-electron chi connectivity index (χ2n) is 6.09. The Kier molecular flexibility index (Phi) is 6.57. The van der Waals surface area contributed by atoms with Gasteiger partial charge < -0.3 is 0 Å². The number of rotatable bonds is 6.